The Morgan fingerprint density at radius 2 is 1.56 bits per heavy atom. The maximum Gasteiger partial charge on any atom is 0.261 e. The Hall–Kier alpha value is -2.70. The van der Waals surface area contributed by atoms with Crippen molar-refractivity contribution in [3.8, 4) is 11.1 Å². The van der Waals surface area contributed by atoms with Crippen LogP contribution in [0.3, 0.4) is 0 Å². The first-order valence-corrected chi connectivity index (χ1v) is 10.8. The number of rotatable bonds is 4. The van der Waals surface area contributed by atoms with Gasteiger partial charge in [-0.15, -0.1) is 11.3 Å². The van der Waals surface area contributed by atoms with Crippen molar-refractivity contribution in [3.05, 3.63) is 77.3 Å². The zero-order valence-electron chi connectivity index (χ0n) is 14.9. The van der Waals surface area contributed by atoms with Gasteiger partial charge < -0.3 is 0 Å². The molecule has 4 rings (SSSR count). The molecule has 0 saturated heterocycles. The number of fused-ring (bicyclic) bond motifs is 1. The topological polar surface area (TPSA) is 59.1 Å². The fourth-order valence-electron chi connectivity index (χ4n) is 3.17. The smallest absolute Gasteiger partial charge is 0.261 e. The van der Waals surface area contributed by atoms with E-state index < -0.39 is 10.0 Å². The lowest BCUT2D eigenvalue weighted by atomic mass is 10.0. The lowest BCUT2D eigenvalue weighted by molar-refractivity contribution is 0.601. The first-order valence-electron chi connectivity index (χ1n) is 8.50. The van der Waals surface area contributed by atoms with E-state index in [1.54, 1.807) is 47.7 Å². The summed E-state index contributed by atoms with van der Waals surface area (Å²) >= 11 is 1.58. The SMILES string of the molecule is Cc1cc(NS(=O)(=O)c2ccccc2)c2c(-c3ccccc3)c(C)sc2n1. The summed E-state index contributed by atoms with van der Waals surface area (Å²) < 4.78 is 28.5. The number of benzene rings is 2. The van der Waals surface area contributed by atoms with Crippen LogP contribution in [-0.4, -0.2) is 13.4 Å². The largest absolute Gasteiger partial charge is 0.279 e. The summed E-state index contributed by atoms with van der Waals surface area (Å²) in [5, 5.41) is 0.841. The Balaban J connectivity index is 1.93. The second kappa shape index (κ2) is 6.79. The number of nitrogens with one attached hydrogen (secondary N) is 1. The molecule has 2 aromatic carbocycles. The van der Waals surface area contributed by atoms with Crippen LogP contribution in [0.4, 0.5) is 5.69 Å². The number of nitrogens with zero attached hydrogens (tertiary/aromatic N) is 1. The van der Waals surface area contributed by atoms with E-state index in [1.807, 2.05) is 44.2 Å². The Labute approximate surface area is 162 Å². The lowest BCUT2D eigenvalue weighted by Crippen LogP contribution is -2.13. The predicted octanol–water partition coefficient (Wildman–Crippen LogP) is 5.38. The first kappa shape index (κ1) is 17.7. The van der Waals surface area contributed by atoms with Crippen LogP contribution < -0.4 is 4.72 Å². The standard InChI is InChI=1S/C21H18N2O2S2/c1-14-13-18(23-27(24,25)17-11-7-4-8-12-17)20-19(15(2)26-21(20)22-14)16-9-5-3-6-10-16/h3-13H,1-2H3,(H,22,23). The number of anilines is 1. The summed E-state index contributed by atoms with van der Waals surface area (Å²) in [6, 6.07) is 20.2. The molecule has 4 nitrogen and oxygen atoms in total. The van der Waals surface area contributed by atoms with Gasteiger partial charge in [-0.25, -0.2) is 13.4 Å². The summed E-state index contributed by atoms with van der Waals surface area (Å²) in [6.45, 7) is 3.91. The zero-order chi connectivity index (χ0) is 19.0. The van der Waals surface area contributed by atoms with E-state index in [2.05, 4.69) is 9.71 Å². The van der Waals surface area contributed by atoms with Gasteiger partial charge in [0, 0.05) is 21.5 Å². The third kappa shape index (κ3) is 3.34. The minimum Gasteiger partial charge on any atom is -0.279 e. The van der Waals surface area contributed by atoms with Crippen LogP contribution in [0.15, 0.2) is 71.6 Å². The quantitative estimate of drug-likeness (QED) is 0.505. The summed E-state index contributed by atoms with van der Waals surface area (Å²) in [6.07, 6.45) is 0. The third-order valence-electron chi connectivity index (χ3n) is 4.33. The fraction of sp³-hybridized carbons (Fsp3) is 0.0952. The van der Waals surface area contributed by atoms with Crippen molar-refractivity contribution in [2.75, 3.05) is 4.72 Å². The minimum absolute atomic E-state index is 0.237. The molecule has 0 aliphatic carbocycles. The molecule has 0 atom stereocenters. The maximum absolute atomic E-state index is 12.9. The second-order valence-corrected chi connectivity index (χ2v) is 9.19. The molecule has 0 aliphatic rings. The first-order chi connectivity index (χ1) is 13.0. The van der Waals surface area contributed by atoms with Crippen molar-refractivity contribution in [1.82, 2.24) is 4.98 Å². The van der Waals surface area contributed by atoms with Crippen molar-refractivity contribution < 1.29 is 8.42 Å². The molecule has 0 aliphatic heterocycles. The number of aryl methyl sites for hydroxylation is 2. The third-order valence-corrected chi connectivity index (χ3v) is 6.71. The van der Waals surface area contributed by atoms with E-state index >= 15 is 0 Å². The summed E-state index contributed by atoms with van der Waals surface area (Å²) in [4.78, 5) is 6.80. The molecule has 0 fully saturated rings. The molecule has 4 aromatic rings. The van der Waals surface area contributed by atoms with Crippen molar-refractivity contribution in [2.24, 2.45) is 0 Å². The highest BCUT2D eigenvalue weighted by molar-refractivity contribution is 7.92. The van der Waals surface area contributed by atoms with Crippen LogP contribution in [0.1, 0.15) is 10.6 Å². The molecule has 0 radical (unpaired) electrons. The molecule has 1 N–H and O–H groups in total. The summed E-state index contributed by atoms with van der Waals surface area (Å²) in [7, 11) is -3.68. The monoisotopic (exact) mass is 394 g/mol. The Morgan fingerprint density at radius 3 is 2.22 bits per heavy atom. The van der Waals surface area contributed by atoms with Crippen LogP contribution in [-0.2, 0) is 10.0 Å². The van der Waals surface area contributed by atoms with E-state index in [0.717, 1.165) is 31.9 Å². The molecule has 27 heavy (non-hydrogen) atoms. The molecule has 0 bridgehead atoms. The van der Waals surface area contributed by atoms with Gasteiger partial charge in [-0.3, -0.25) is 4.72 Å². The highest BCUT2D eigenvalue weighted by Crippen LogP contribution is 2.42. The highest BCUT2D eigenvalue weighted by atomic mass is 32.2. The van der Waals surface area contributed by atoms with Gasteiger partial charge in [-0.05, 0) is 37.6 Å². The van der Waals surface area contributed by atoms with Crippen LogP contribution in [0.2, 0.25) is 0 Å². The van der Waals surface area contributed by atoms with Crippen LogP contribution in [0.25, 0.3) is 21.3 Å². The average molecular weight is 395 g/mol. The molecule has 0 amide bonds. The van der Waals surface area contributed by atoms with Crippen molar-refractivity contribution in [2.45, 2.75) is 18.7 Å². The number of thiophene rings is 1. The fourth-order valence-corrected chi connectivity index (χ4v) is 5.37. The van der Waals surface area contributed by atoms with Gasteiger partial charge in [0.25, 0.3) is 10.0 Å². The number of hydrogen-bond acceptors (Lipinski definition) is 4. The number of sulfonamides is 1. The normalized spacial score (nSPS) is 11.6. The van der Waals surface area contributed by atoms with Gasteiger partial charge in [0.05, 0.1) is 10.6 Å². The Kier molecular flexibility index (Phi) is 4.45. The van der Waals surface area contributed by atoms with Crippen LogP contribution in [0.5, 0.6) is 0 Å². The van der Waals surface area contributed by atoms with Crippen molar-refractivity contribution in [3.63, 3.8) is 0 Å². The molecule has 6 heteroatoms. The van der Waals surface area contributed by atoms with Crippen LogP contribution >= 0.6 is 11.3 Å². The maximum atomic E-state index is 12.9. The second-order valence-electron chi connectivity index (χ2n) is 6.31. The highest BCUT2D eigenvalue weighted by Gasteiger charge is 2.20. The molecule has 136 valence electrons. The van der Waals surface area contributed by atoms with Gasteiger partial charge in [0.2, 0.25) is 0 Å². The molecular weight excluding hydrogens is 376 g/mol. The van der Waals surface area contributed by atoms with Gasteiger partial charge >= 0.3 is 0 Å². The molecule has 2 heterocycles. The van der Waals surface area contributed by atoms with E-state index in [0.29, 0.717) is 5.69 Å². The molecule has 0 saturated carbocycles. The molecule has 0 unspecified atom stereocenters. The van der Waals surface area contributed by atoms with E-state index in [1.165, 1.54) is 0 Å². The average Bonchev–Trinajstić information content (AvgIpc) is 2.98. The van der Waals surface area contributed by atoms with E-state index in [4.69, 9.17) is 0 Å². The van der Waals surface area contributed by atoms with Gasteiger partial charge in [-0.2, -0.15) is 0 Å². The van der Waals surface area contributed by atoms with E-state index in [9.17, 15) is 8.42 Å². The zero-order valence-corrected chi connectivity index (χ0v) is 16.6. The predicted molar refractivity (Wildman–Crippen MR) is 112 cm³/mol. The molecule has 2 aromatic heterocycles. The van der Waals surface area contributed by atoms with Gasteiger partial charge in [0.15, 0.2) is 0 Å². The Bertz CT molecular complexity index is 1220. The van der Waals surface area contributed by atoms with Crippen molar-refractivity contribution >= 4 is 37.3 Å². The minimum atomic E-state index is -3.68. The summed E-state index contributed by atoms with van der Waals surface area (Å²) in [5.74, 6) is 0. The number of aromatic nitrogens is 1. The van der Waals surface area contributed by atoms with Crippen molar-refractivity contribution in [1.29, 1.82) is 0 Å². The van der Waals surface area contributed by atoms with Gasteiger partial charge in [0.1, 0.15) is 4.83 Å². The number of pyridine rings is 1. The molecular formula is C21H18N2O2S2. The van der Waals surface area contributed by atoms with E-state index in [-0.39, 0.29) is 4.90 Å². The lowest BCUT2D eigenvalue weighted by Gasteiger charge is -2.12. The Morgan fingerprint density at radius 1 is 0.926 bits per heavy atom. The van der Waals surface area contributed by atoms with Gasteiger partial charge in [-0.1, -0.05) is 48.5 Å². The summed E-state index contributed by atoms with van der Waals surface area (Å²) in [5.41, 5.74) is 3.40. The van der Waals surface area contributed by atoms with Crippen LogP contribution in [0, 0.1) is 13.8 Å². The molecule has 0 spiro atoms. The number of hydrogen-bond donors (Lipinski definition) is 1.